The number of allylic oxidation sites excluding steroid dienone is 3. The number of nitrogens with two attached hydrogens (primary N) is 1. The minimum Gasteiger partial charge on any atom is -0.384 e. The first-order valence-corrected chi connectivity index (χ1v) is 8.98. The highest BCUT2D eigenvalue weighted by Crippen LogP contribution is 2.46. The maximum Gasteiger partial charge on any atom is 0.161 e. The number of nitrogens with zero attached hydrogens (tertiary/aromatic N) is 2. The number of benzene rings is 2. The molecule has 2 aromatic rings. The fraction of sp³-hybridized carbons (Fsp3) is 0.182. The van der Waals surface area contributed by atoms with E-state index in [1.165, 1.54) is 24.3 Å². The van der Waals surface area contributed by atoms with Crippen molar-refractivity contribution in [1.29, 1.82) is 5.26 Å². The lowest BCUT2D eigenvalue weighted by Gasteiger charge is -2.39. The Bertz CT molecular complexity index is 1050. The Morgan fingerprint density at radius 1 is 1.00 bits per heavy atom. The van der Waals surface area contributed by atoms with Gasteiger partial charge in [0.25, 0.3) is 0 Å². The summed E-state index contributed by atoms with van der Waals surface area (Å²) in [5.74, 6) is -1.26. The second-order valence-electron chi connectivity index (χ2n) is 6.84. The highest BCUT2D eigenvalue weighted by atomic mass is 19.1. The molecule has 140 valence electrons. The minimum absolute atomic E-state index is 0.0528. The van der Waals surface area contributed by atoms with Crippen LogP contribution in [0.5, 0.6) is 0 Å². The smallest absolute Gasteiger partial charge is 0.161 e. The molecule has 1 heterocycles. The monoisotopic (exact) mass is 377 g/mol. The molecule has 4 rings (SSSR count). The number of Topliss-reactive ketones (excluding diaryl/α,β-unsaturated/α-hetero) is 1. The van der Waals surface area contributed by atoms with Gasteiger partial charge >= 0.3 is 0 Å². The van der Waals surface area contributed by atoms with Crippen LogP contribution in [0.3, 0.4) is 0 Å². The molecule has 1 atom stereocenters. The summed E-state index contributed by atoms with van der Waals surface area (Å²) in [4.78, 5) is 14.6. The summed E-state index contributed by atoms with van der Waals surface area (Å²) in [7, 11) is 0. The Morgan fingerprint density at radius 2 is 1.61 bits per heavy atom. The first-order valence-electron chi connectivity index (χ1n) is 8.98. The highest BCUT2D eigenvalue weighted by Gasteiger charge is 2.40. The van der Waals surface area contributed by atoms with Crippen LogP contribution in [0.4, 0.5) is 14.5 Å². The molecule has 0 aromatic heterocycles. The average Bonchev–Trinajstić information content (AvgIpc) is 2.69. The van der Waals surface area contributed by atoms with E-state index in [2.05, 4.69) is 6.07 Å². The van der Waals surface area contributed by atoms with Gasteiger partial charge in [-0.2, -0.15) is 5.26 Å². The van der Waals surface area contributed by atoms with Gasteiger partial charge in [-0.25, -0.2) is 8.78 Å². The predicted molar refractivity (Wildman–Crippen MR) is 101 cm³/mol. The molecule has 0 bridgehead atoms. The summed E-state index contributed by atoms with van der Waals surface area (Å²) in [5, 5.41) is 9.85. The molecular weight excluding hydrogens is 360 g/mol. The van der Waals surface area contributed by atoms with E-state index in [1.54, 1.807) is 29.2 Å². The zero-order chi connectivity index (χ0) is 19.8. The van der Waals surface area contributed by atoms with Crippen molar-refractivity contribution in [3.05, 3.63) is 88.4 Å². The van der Waals surface area contributed by atoms with Crippen LogP contribution in [0.1, 0.15) is 30.7 Å². The van der Waals surface area contributed by atoms with Gasteiger partial charge in [0, 0.05) is 23.4 Å². The number of ketones is 1. The third kappa shape index (κ3) is 2.85. The molecule has 0 amide bonds. The molecule has 6 heteroatoms. The van der Waals surface area contributed by atoms with Gasteiger partial charge in [0.05, 0.1) is 17.6 Å². The summed E-state index contributed by atoms with van der Waals surface area (Å²) in [6.45, 7) is 0. The summed E-state index contributed by atoms with van der Waals surface area (Å²) in [6.07, 6.45) is 1.66. The number of nitriles is 1. The van der Waals surface area contributed by atoms with Crippen molar-refractivity contribution in [2.75, 3.05) is 4.90 Å². The van der Waals surface area contributed by atoms with E-state index in [0.29, 0.717) is 41.8 Å². The van der Waals surface area contributed by atoms with Crippen LogP contribution in [0.25, 0.3) is 0 Å². The standard InChI is InChI=1S/C22H17F2N3O/c23-14-6-4-13(5-7-14)20-17(12-25)22(26)27(16-10-8-15(24)9-11-16)18-2-1-3-19(28)21(18)20/h4-11,20H,1-3,26H2. The van der Waals surface area contributed by atoms with E-state index in [-0.39, 0.29) is 23.0 Å². The Labute approximate surface area is 161 Å². The van der Waals surface area contributed by atoms with Crippen LogP contribution < -0.4 is 10.6 Å². The molecule has 0 saturated heterocycles. The number of halogens is 2. The van der Waals surface area contributed by atoms with Crippen LogP contribution >= 0.6 is 0 Å². The Balaban J connectivity index is 1.95. The van der Waals surface area contributed by atoms with Gasteiger partial charge in [-0.3, -0.25) is 9.69 Å². The fourth-order valence-corrected chi connectivity index (χ4v) is 3.96. The quantitative estimate of drug-likeness (QED) is 0.849. The van der Waals surface area contributed by atoms with Crippen molar-refractivity contribution in [3.8, 4) is 6.07 Å². The molecule has 2 aromatic carbocycles. The van der Waals surface area contributed by atoms with Crippen molar-refractivity contribution < 1.29 is 13.6 Å². The second-order valence-corrected chi connectivity index (χ2v) is 6.84. The van der Waals surface area contributed by atoms with Crippen LogP contribution in [-0.2, 0) is 4.79 Å². The topological polar surface area (TPSA) is 70.1 Å². The normalized spacial score (nSPS) is 19.5. The number of hydrogen-bond donors (Lipinski definition) is 1. The van der Waals surface area contributed by atoms with E-state index >= 15 is 0 Å². The van der Waals surface area contributed by atoms with Crippen LogP contribution in [0.2, 0.25) is 0 Å². The molecule has 2 aliphatic rings. The zero-order valence-electron chi connectivity index (χ0n) is 15.0. The lowest BCUT2D eigenvalue weighted by Crippen LogP contribution is -2.38. The van der Waals surface area contributed by atoms with Gasteiger partial charge < -0.3 is 5.73 Å². The second kappa shape index (κ2) is 6.93. The molecule has 0 radical (unpaired) electrons. The summed E-state index contributed by atoms with van der Waals surface area (Å²) < 4.78 is 26.8. The third-order valence-corrected chi connectivity index (χ3v) is 5.20. The Morgan fingerprint density at radius 3 is 2.21 bits per heavy atom. The maximum absolute atomic E-state index is 13.4. The molecule has 0 saturated carbocycles. The van der Waals surface area contributed by atoms with Gasteiger partial charge in [0.2, 0.25) is 0 Å². The molecule has 1 unspecified atom stereocenters. The van der Waals surface area contributed by atoms with Crippen molar-refractivity contribution in [1.82, 2.24) is 0 Å². The molecule has 0 fully saturated rings. The highest BCUT2D eigenvalue weighted by molar-refractivity contribution is 6.01. The number of carbonyl (C=O) groups excluding carboxylic acids is 1. The zero-order valence-corrected chi connectivity index (χ0v) is 15.0. The van der Waals surface area contributed by atoms with E-state index in [0.717, 1.165) is 0 Å². The summed E-state index contributed by atoms with van der Waals surface area (Å²) >= 11 is 0. The molecule has 1 aliphatic carbocycles. The van der Waals surface area contributed by atoms with Crippen LogP contribution in [0, 0.1) is 23.0 Å². The number of rotatable bonds is 2. The number of anilines is 1. The molecule has 0 spiro atoms. The maximum atomic E-state index is 13.4. The van der Waals surface area contributed by atoms with Crippen molar-refractivity contribution >= 4 is 11.5 Å². The van der Waals surface area contributed by atoms with Crippen LogP contribution in [-0.4, -0.2) is 5.78 Å². The van der Waals surface area contributed by atoms with Gasteiger partial charge in [-0.15, -0.1) is 0 Å². The number of carbonyl (C=O) groups is 1. The average molecular weight is 377 g/mol. The van der Waals surface area contributed by atoms with Gasteiger partial charge in [-0.1, -0.05) is 12.1 Å². The SMILES string of the molecule is N#CC1=C(N)N(c2ccc(F)cc2)C2=C(C(=O)CCC2)C1c1ccc(F)cc1. The minimum atomic E-state index is -0.634. The van der Waals surface area contributed by atoms with E-state index < -0.39 is 11.7 Å². The first-order chi connectivity index (χ1) is 13.5. The lowest BCUT2D eigenvalue weighted by molar-refractivity contribution is -0.116. The van der Waals surface area contributed by atoms with Gasteiger partial charge in [-0.05, 0) is 54.8 Å². The Hall–Kier alpha value is -3.46. The molecular formula is C22H17F2N3O. The van der Waals surface area contributed by atoms with Crippen molar-refractivity contribution in [2.45, 2.75) is 25.2 Å². The third-order valence-electron chi connectivity index (χ3n) is 5.20. The van der Waals surface area contributed by atoms with Gasteiger partial charge in [0.1, 0.15) is 17.5 Å². The van der Waals surface area contributed by atoms with Gasteiger partial charge in [0.15, 0.2) is 5.78 Å². The van der Waals surface area contributed by atoms with E-state index in [9.17, 15) is 18.8 Å². The summed E-state index contributed by atoms with van der Waals surface area (Å²) in [6, 6.07) is 13.7. The fourth-order valence-electron chi connectivity index (χ4n) is 3.96. The van der Waals surface area contributed by atoms with E-state index in [4.69, 9.17) is 5.73 Å². The van der Waals surface area contributed by atoms with Crippen LogP contribution in [0.15, 0.2) is 71.2 Å². The molecule has 4 nitrogen and oxygen atoms in total. The largest absolute Gasteiger partial charge is 0.384 e. The molecule has 2 N–H and O–H groups in total. The first kappa shape index (κ1) is 17.9. The van der Waals surface area contributed by atoms with Crippen molar-refractivity contribution in [3.63, 3.8) is 0 Å². The van der Waals surface area contributed by atoms with Crippen molar-refractivity contribution in [2.24, 2.45) is 5.73 Å². The number of hydrogen-bond acceptors (Lipinski definition) is 4. The van der Waals surface area contributed by atoms with E-state index in [1.807, 2.05) is 0 Å². The lowest BCUT2D eigenvalue weighted by atomic mass is 9.75. The summed E-state index contributed by atoms with van der Waals surface area (Å²) in [5.41, 5.74) is 9.06. The molecule has 28 heavy (non-hydrogen) atoms. The Kier molecular flexibility index (Phi) is 4.44. The predicted octanol–water partition coefficient (Wildman–Crippen LogP) is 4.27. The molecule has 1 aliphatic heterocycles.